The second-order valence-corrected chi connectivity index (χ2v) is 8.17. The molecule has 0 aliphatic heterocycles. The van der Waals surface area contributed by atoms with E-state index in [0.29, 0.717) is 5.56 Å². The largest absolute Gasteiger partial charge is 0.342 e. The van der Waals surface area contributed by atoms with Crippen molar-refractivity contribution >= 4 is 32.9 Å². The van der Waals surface area contributed by atoms with E-state index in [-0.39, 0.29) is 15.7 Å². The van der Waals surface area contributed by atoms with E-state index < -0.39 is 21.0 Å². The second-order valence-electron chi connectivity index (χ2n) is 5.73. The lowest BCUT2D eigenvalue weighted by molar-refractivity contribution is 0.577. The van der Waals surface area contributed by atoms with Gasteiger partial charge in [0.05, 0.1) is 10.6 Å². The highest BCUT2D eigenvalue weighted by molar-refractivity contribution is 7.91. The van der Waals surface area contributed by atoms with Crippen molar-refractivity contribution in [2.75, 3.05) is 5.32 Å². The maximum absolute atomic E-state index is 13.8. The molecule has 0 bridgehead atoms. The fourth-order valence-electron chi connectivity index (χ4n) is 2.55. The second kappa shape index (κ2) is 8.28. The Balaban J connectivity index is 1.92. The molecule has 0 aliphatic carbocycles. The third-order valence-corrected chi connectivity index (χ3v) is 6.03. The zero-order valence-corrected chi connectivity index (χ0v) is 15.8. The molecule has 0 amide bonds. The quantitative estimate of drug-likeness (QED) is 0.626. The summed E-state index contributed by atoms with van der Waals surface area (Å²) in [5.74, 6) is -0.483. The third-order valence-electron chi connectivity index (χ3n) is 3.87. The molecule has 0 saturated carbocycles. The van der Waals surface area contributed by atoms with Crippen molar-refractivity contribution in [3.8, 4) is 0 Å². The summed E-state index contributed by atoms with van der Waals surface area (Å²) in [7, 11) is -3.78. The lowest BCUT2D eigenvalue weighted by Crippen LogP contribution is -2.36. The van der Waals surface area contributed by atoms with Crippen LogP contribution in [0.1, 0.15) is 10.9 Å². The molecule has 0 saturated heterocycles. The molecule has 0 fully saturated rings. The van der Waals surface area contributed by atoms with Gasteiger partial charge < -0.3 is 10.6 Å². The van der Waals surface area contributed by atoms with Crippen LogP contribution >= 0.6 is 12.2 Å². The Labute approximate surface area is 163 Å². The minimum atomic E-state index is -3.78. The molecule has 0 heterocycles. The highest BCUT2D eigenvalue weighted by atomic mass is 32.2. The Morgan fingerprint density at radius 1 is 0.852 bits per heavy atom. The smallest absolute Gasteiger partial charge is 0.203 e. The van der Waals surface area contributed by atoms with Crippen molar-refractivity contribution < 1.29 is 12.8 Å². The minimum absolute atomic E-state index is 0.00783. The SMILES string of the molecule is O=S(=O)(c1ccccc1)C(NC(=S)Nc1ccccc1F)c1ccccc1. The average molecular weight is 401 g/mol. The molecule has 0 aliphatic rings. The fraction of sp³-hybridized carbons (Fsp3) is 0.0500. The van der Waals surface area contributed by atoms with Gasteiger partial charge in [-0.1, -0.05) is 60.7 Å². The summed E-state index contributed by atoms with van der Waals surface area (Å²) in [6.45, 7) is 0. The average Bonchev–Trinajstić information content (AvgIpc) is 2.69. The van der Waals surface area contributed by atoms with Crippen LogP contribution in [0.2, 0.25) is 0 Å². The number of rotatable bonds is 5. The van der Waals surface area contributed by atoms with Gasteiger partial charge in [0.25, 0.3) is 0 Å². The number of sulfone groups is 1. The van der Waals surface area contributed by atoms with Gasteiger partial charge >= 0.3 is 0 Å². The van der Waals surface area contributed by atoms with E-state index in [1.165, 1.54) is 24.3 Å². The van der Waals surface area contributed by atoms with E-state index in [4.69, 9.17) is 12.2 Å². The standard InChI is InChI=1S/C20H17FN2O2S2/c21-17-13-7-8-14-18(17)22-20(26)23-19(15-9-3-1-4-10-15)27(24,25)16-11-5-2-6-12-16/h1-14,19H,(H2,22,23,26). The number of anilines is 1. The maximum atomic E-state index is 13.8. The molecule has 138 valence electrons. The van der Waals surface area contributed by atoms with Crippen LogP contribution in [-0.4, -0.2) is 13.5 Å². The van der Waals surface area contributed by atoms with Gasteiger partial charge in [0.2, 0.25) is 9.84 Å². The van der Waals surface area contributed by atoms with E-state index in [9.17, 15) is 12.8 Å². The number of nitrogens with one attached hydrogen (secondary N) is 2. The minimum Gasteiger partial charge on any atom is -0.342 e. The Bertz CT molecular complexity index is 1030. The third kappa shape index (κ3) is 4.50. The molecule has 3 aromatic rings. The van der Waals surface area contributed by atoms with Crippen LogP contribution in [0.3, 0.4) is 0 Å². The number of halogens is 1. The first-order valence-corrected chi connectivity index (χ1v) is 10.1. The molecule has 7 heteroatoms. The summed E-state index contributed by atoms with van der Waals surface area (Å²) < 4.78 is 40.2. The Morgan fingerprint density at radius 2 is 1.41 bits per heavy atom. The van der Waals surface area contributed by atoms with Gasteiger partial charge in [-0.3, -0.25) is 0 Å². The molecule has 27 heavy (non-hydrogen) atoms. The molecule has 1 atom stereocenters. The van der Waals surface area contributed by atoms with Crippen LogP contribution in [0.4, 0.5) is 10.1 Å². The van der Waals surface area contributed by atoms with Gasteiger partial charge in [0.1, 0.15) is 5.82 Å². The highest BCUT2D eigenvalue weighted by Gasteiger charge is 2.29. The van der Waals surface area contributed by atoms with Crippen LogP contribution in [0, 0.1) is 5.82 Å². The first kappa shape index (κ1) is 19.0. The summed E-state index contributed by atoms with van der Waals surface area (Å²) in [6, 6.07) is 22.8. The van der Waals surface area contributed by atoms with E-state index in [1.807, 2.05) is 0 Å². The summed E-state index contributed by atoms with van der Waals surface area (Å²) in [5.41, 5.74) is 0.693. The Kier molecular flexibility index (Phi) is 5.83. The van der Waals surface area contributed by atoms with Crippen molar-refractivity contribution in [1.29, 1.82) is 0 Å². The van der Waals surface area contributed by atoms with Crippen molar-refractivity contribution in [3.05, 3.63) is 96.3 Å². The number of hydrogen-bond acceptors (Lipinski definition) is 3. The summed E-state index contributed by atoms with van der Waals surface area (Å²) in [4.78, 5) is 0.167. The molecule has 0 aromatic heterocycles. The normalized spacial score (nSPS) is 12.2. The van der Waals surface area contributed by atoms with E-state index in [2.05, 4.69) is 10.6 Å². The van der Waals surface area contributed by atoms with Crippen molar-refractivity contribution in [3.63, 3.8) is 0 Å². The molecular weight excluding hydrogens is 383 g/mol. The zero-order valence-electron chi connectivity index (χ0n) is 14.2. The van der Waals surface area contributed by atoms with Crippen LogP contribution in [0.25, 0.3) is 0 Å². The molecule has 3 aromatic carbocycles. The van der Waals surface area contributed by atoms with Gasteiger partial charge in [-0.25, -0.2) is 12.8 Å². The van der Waals surface area contributed by atoms with Crippen LogP contribution in [0.15, 0.2) is 89.8 Å². The van der Waals surface area contributed by atoms with Gasteiger partial charge in [0, 0.05) is 0 Å². The van der Waals surface area contributed by atoms with Gasteiger partial charge in [0.15, 0.2) is 10.5 Å². The predicted molar refractivity (Wildman–Crippen MR) is 109 cm³/mol. The first-order chi connectivity index (χ1) is 13.0. The molecule has 4 nitrogen and oxygen atoms in total. The van der Waals surface area contributed by atoms with E-state index in [0.717, 1.165) is 0 Å². The summed E-state index contributed by atoms with van der Waals surface area (Å²) in [6.07, 6.45) is 0. The summed E-state index contributed by atoms with van der Waals surface area (Å²) in [5, 5.41) is 4.42. The number of para-hydroxylation sites is 1. The first-order valence-electron chi connectivity index (χ1n) is 8.14. The van der Waals surface area contributed by atoms with Gasteiger partial charge in [-0.2, -0.15) is 0 Å². The van der Waals surface area contributed by atoms with Crippen LogP contribution in [0.5, 0.6) is 0 Å². The molecule has 1 unspecified atom stereocenters. The van der Waals surface area contributed by atoms with Crippen molar-refractivity contribution in [2.45, 2.75) is 10.3 Å². The molecule has 3 rings (SSSR count). The lowest BCUT2D eigenvalue weighted by atomic mass is 10.2. The van der Waals surface area contributed by atoms with Gasteiger partial charge in [-0.15, -0.1) is 0 Å². The highest BCUT2D eigenvalue weighted by Crippen LogP contribution is 2.27. The van der Waals surface area contributed by atoms with Crippen LogP contribution in [-0.2, 0) is 9.84 Å². The fourth-order valence-corrected chi connectivity index (χ4v) is 4.45. The van der Waals surface area contributed by atoms with E-state index in [1.54, 1.807) is 60.7 Å². The molecule has 0 radical (unpaired) electrons. The molecular formula is C20H17FN2O2S2. The monoisotopic (exact) mass is 400 g/mol. The molecule has 0 spiro atoms. The number of thiocarbonyl (C=S) groups is 1. The zero-order chi connectivity index (χ0) is 19.3. The Hall–Kier alpha value is -2.77. The topological polar surface area (TPSA) is 58.2 Å². The predicted octanol–water partition coefficient (Wildman–Crippen LogP) is 4.28. The van der Waals surface area contributed by atoms with E-state index >= 15 is 0 Å². The van der Waals surface area contributed by atoms with Crippen molar-refractivity contribution in [2.24, 2.45) is 0 Å². The van der Waals surface area contributed by atoms with Crippen molar-refractivity contribution in [1.82, 2.24) is 5.32 Å². The molecule has 2 N–H and O–H groups in total. The maximum Gasteiger partial charge on any atom is 0.203 e. The number of hydrogen-bond donors (Lipinski definition) is 2. The van der Waals surface area contributed by atoms with Crippen LogP contribution < -0.4 is 10.6 Å². The summed E-state index contributed by atoms with van der Waals surface area (Å²) >= 11 is 5.24. The van der Waals surface area contributed by atoms with Gasteiger partial charge in [-0.05, 0) is 42.0 Å². The number of benzene rings is 3. The lowest BCUT2D eigenvalue weighted by Gasteiger charge is -2.22. The Morgan fingerprint density at radius 3 is 2.04 bits per heavy atom.